The van der Waals surface area contributed by atoms with Gasteiger partial charge in [0.05, 0.1) is 18.8 Å². The standard InChI is InChI=1S/C16H14F3N5O/c1-8-20-6-13-15(21-8)24(10-2-3-25-7-10)16(22-13)23-14-11(18)4-9(17)5-12(14)19/h4-6,10H,2-3,7H2,1H3,(H,22,23)/t10-/m0/s1. The van der Waals surface area contributed by atoms with Gasteiger partial charge in [0.1, 0.15) is 22.8 Å². The highest BCUT2D eigenvalue weighted by Crippen LogP contribution is 2.31. The fraction of sp³-hybridized carbons (Fsp3) is 0.312. The normalized spacial score (nSPS) is 17.4. The van der Waals surface area contributed by atoms with E-state index in [9.17, 15) is 13.2 Å². The van der Waals surface area contributed by atoms with Gasteiger partial charge in [-0.2, -0.15) is 0 Å². The number of hydrogen-bond donors (Lipinski definition) is 1. The van der Waals surface area contributed by atoms with E-state index in [2.05, 4.69) is 20.3 Å². The van der Waals surface area contributed by atoms with E-state index in [1.807, 2.05) is 0 Å². The van der Waals surface area contributed by atoms with Gasteiger partial charge in [0.15, 0.2) is 17.3 Å². The molecule has 6 nitrogen and oxygen atoms in total. The molecule has 2 aromatic heterocycles. The SMILES string of the molecule is Cc1ncc2nc(Nc3c(F)cc(F)cc3F)n([C@H]3CCOC3)c2n1. The third-order valence-electron chi connectivity index (χ3n) is 4.07. The zero-order valence-corrected chi connectivity index (χ0v) is 13.3. The fourth-order valence-corrected chi connectivity index (χ4v) is 2.91. The molecule has 1 N–H and O–H groups in total. The summed E-state index contributed by atoms with van der Waals surface area (Å²) in [6, 6.07) is 1.15. The number of aromatic nitrogens is 4. The van der Waals surface area contributed by atoms with Gasteiger partial charge in [0, 0.05) is 18.7 Å². The summed E-state index contributed by atoms with van der Waals surface area (Å²) >= 11 is 0. The van der Waals surface area contributed by atoms with Crippen LogP contribution in [-0.2, 0) is 4.74 Å². The van der Waals surface area contributed by atoms with Crippen molar-refractivity contribution in [2.45, 2.75) is 19.4 Å². The number of ether oxygens (including phenoxy) is 1. The molecule has 9 heteroatoms. The molecule has 130 valence electrons. The maximum absolute atomic E-state index is 14.0. The number of nitrogens with one attached hydrogen (secondary N) is 1. The number of nitrogens with zero attached hydrogens (tertiary/aromatic N) is 4. The van der Waals surface area contributed by atoms with Crippen molar-refractivity contribution >= 4 is 22.8 Å². The van der Waals surface area contributed by atoms with Crippen molar-refractivity contribution in [2.24, 2.45) is 0 Å². The van der Waals surface area contributed by atoms with Gasteiger partial charge < -0.3 is 10.1 Å². The van der Waals surface area contributed by atoms with Crippen LogP contribution >= 0.6 is 0 Å². The first-order valence-corrected chi connectivity index (χ1v) is 7.74. The summed E-state index contributed by atoms with van der Waals surface area (Å²) in [5.74, 6) is -2.31. The molecule has 0 amide bonds. The Morgan fingerprint density at radius 1 is 1.20 bits per heavy atom. The Bertz CT molecular complexity index is 929. The maximum atomic E-state index is 14.0. The van der Waals surface area contributed by atoms with Crippen molar-refractivity contribution in [1.82, 2.24) is 19.5 Å². The molecule has 0 aliphatic carbocycles. The number of imidazole rings is 1. The quantitative estimate of drug-likeness (QED) is 0.786. The number of anilines is 2. The summed E-state index contributed by atoms with van der Waals surface area (Å²) in [4.78, 5) is 12.8. The van der Waals surface area contributed by atoms with Crippen molar-refractivity contribution in [3.05, 3.63) is 41.6 Å². The molecule has 3 aromatic rings. The van der Waals surface area contributed by atoms with E-state index in [4.69, 9.17) is 4.74 Å². The zero-order valence-electron chi connectivity index (χ0n) is 13.3. The second-order valence-corrected chi connectivity index (χ2v) is 5.82. The molecule has 1 saturated heterocycles. The van der Waals surface area contributed by atoms with Gasteiger partial charge in [0.25, 0.3) is 0 Å². The number of benzene rings is 1. The number of rotatable bonds is 3. The Balaban J connectivity index is 1.85. The first-order chi connectivity index (χ1) is 12.0. The Hall–Kier alpha value is -2.68. The molecule has 0 bridgehead atoms. The summed E-state index contributed by atoms with van der Waals surface area (Å²) in [5.41, 5.74) is 0.568. The van der Waals surface area contributed by atoms with Crippen molar-refractivity contribution in [3.8, 4) is 0 Å². The minimum absolute atomic E-state index is 0.0756. The number of aryl methyl sites for hydroxylation is 1. The summed E-state index contributed by atoms with van der Waals surface area (Å²) in [6.45, 7) is 2.76. The van der Waals surface area contributed by atoms with Crippen molar-refractivity contribution in [3.63, 3.8) is 0 Å². The van der Waals surface area contributed by atoms with Gasteiger partial charge in [-0.1, -0.05) is 0 Å². The van der Waals surface area contributed by atoms with Crippen LogP contribution in [0.4, 0.5) is 24.8 Å². The van der Waals surface area contributed by atoms with Gasteiger partial charge in [-0.3, -0.25) is 4.57 Å². The lowest BCUT2D eigenvalue weighted by atomic mass is 10.2. The lowest BCUT2D eigenvalue weighted by Gasteiger charge is -2.16. The molecule has 1 aliphatic heterocycles. The van der Waals surface area contributed by atoms with Crippen molar-refractivity contribution < 1.29 is 17.9 Å². The zero-order chi connectivity index (χ0) is 17.6. The van der Waals surface area contributed by atoms with E-state index >= 15 is 0 Å². The molecule has 1 aliphatic rings. The molecule has 25 heavy (non-hydrogen) atoms. The predicted octanol–water partition coefficient (Wildman–Crippen LogP) is 3.26. The van der Waals surface area contributed by atoms with Gasteiger partial charge in [-0.25, -0.2) is 28.1 Å². The molecular formula is C16H14F3N5O. The van der Waals surface area contributed by atoms with Crippen molar-refractivity contribution in [1.29, 1.82) is 0 Å². The first-order valence-electron chi connectivity index (χ1n) is 7.74. The highest BCUT2D eigenvalue weighted by molar-refractivity contribution is 5.75. The van der Waals surface area contributed by atoms with Crippen LogP contribution in [0.1, 0.15) is 18.3 Å². The van der Waals surface area contributed by atoms with Crippen LogP contribution in [0.3, 0.4) is 0 Å². The monoisotopic (exact) mass is 349 g/mol. The first kappa shape index (κ1) is 15.8. The van der Waals surface area contributed by atoms with E-state index in [-0.39, 0.29) is 12.0 Å². The minimum atomic E-state index is -1.04. The van der Waals surface area contributed by atoms with E-state index < -0.39 is 23.1 Å². The summed E-state index contributed by atoms with van der Waals surface area (Å²) in [7, 11) is 0. The Labute approximate surface area is 140 Å². The molecule has 0 saturated carbocycles. The fourth-order valence-electron chi connectivity index (χ4n) is 2.91. The molecule has 1 fully saturated rings. The molecule has 0 spiro atoms. The van der Waals surface area contributed by atoms with Crippen LogP contribution in [0.2, 0.25) is 0 Å². The van der Waals surface area contributed by atoms with Crippen LogP contribution < -0.4 is 5.32 Å². The van der Waals surface area contributed by atoms with E-state index in [0.717, 1.165) is 6.42 Å². The summed E-state index contributed by atoms with van der Waals surface area (Å²) in [5, 5.41) is 2.63. The van der Waals surface area contributed by atoms with Gasteiger partial charge >= 0.3 is 0 Å². The van der Waals surface area contributed by atoms with Crippen LogP contribution in [0.15, 0.2) is 18.3 Å². The van der Waals surface area contributed by atoms with Gasteiger partial charge in [-0.05, 0) is 13.3 Å². The van der Waals surface area contributed by atoms with Gasteiger partial charge in [-0.15, -0.1) is 0 Å². The average Bonchev–Trinajstić information content (AvgIpc) is 3.17. The molecule has 0 unspecified atom stereocenters. The smallest absolute Gasteiger partial charge is 0.210 e. The maximum Gasteiger partial charge on any atom is 0.210 e. The third kappa shape index (κ3) is 2.80. The largest absolute Gasteiger partial charge is 0.379 e. The predicted molar refractivity (Wildman–Crippen MR) is 84.1 cm³/mol. The Kier molecular flexibility index (Phi) is 3.79. The summed E-state index contributed by atoms with van der Waals surface area (Å²) < 4.78 is 48.3. The van der Waals surface area contributed by atoms with E-state index in [1.54, 1.807) is 17.7 Å². The topological polar surface area (TPSA) is 64.9 Å². The number of fused-ring (bicyclic) bond motifs is 1. The number of hydrogen-bond acceptors (Lipinski definition) is 5. The minimum Gasteiger partial charge on any atom is -0.379 e. The van der Waals surface area contributed by atoms with E-state index in [0.29, 0.717) is 42.3 Å². The Morgan fingerprint density at radius 2 is 1.96 bits per heavy atom. The third-order valence-corrected chi connectivity index (χ3v) is 4.07. The van der Waals surface area contributed by atoms with Crippen molar-refractivity contribution in [2.75, 3.05) is 18.5 Å². The average molecular weight is 349 g/mol. The molecule has 4 rings (SSSR count). The van der Waals surface area contributed by atoms with Crippen LogP contribution in [0.25, 0.3) is 11.2 Å². The lowest BCUT2D eigenvalue weighted by Crippen LogP contribution is -2.13. The second-order valence-electron chi connectivity index (χ2n) is 5.82. The highest BCUT2D eigenvalue weighted by Gasteiger charge is 2.25. The highest BCUT2D eigenvalue weighted by atomic mass is 19.1. The Morgan fingerprint density at radius 3 is 2.64 bits per heavy atom. The molecule has 3 heterocycles. The summed E-state index contributed by atoms with van der Waals surface area (Å²) in [6.07, 6.45) is 2.27. The molecule has 0 radical (unpaired) electrons. The molecule has 1 aromatic carbocycles. The second kappa shape index (κ2) is 5.99. The van der Waals surface area contributed by atoms with Crippen LogP contribution in [0.5, 0.6) is 0 Å². The molecular weight excluding hydrogens is 335 g/mol. The van der Waals surface area contributed by atoms with E-state index in [1.165, 1.54) is 0 Å². The van der Waals surface area contributed by atoms with Crippen LogP contribution in [-0.4, -0.2) is 32.7 Å². The van der Waals surface area contributed by atoms with Crippen LogP contribution in [0, 0.1) is 24.4 Å². The number of halogens is 3. The lowest BCUT2D eigenvalue weighted by molar-refractivity contribution is 0.187. The molecule has 1 atom stereocenters. The van der Waals surface area contributed by atoms with Gasteiger partial charge in [0.2, 0.25) is 5.95 Å².